The van der Waals surface area contributed by atoms with Crippen LogP contribution in [0, 0.1) is 0 Å². The number of halogens is 3. The van der Waals surface area contributed by atoms with Crippen LogP contribution in [-0.2, 0) is 6.42 Å². The molecule has 2 aromatic rings. The summed E-state index contributed by atoms with van der Waals surface area (Å²) in [6.45, 7) is 0. The fourth-order valence-electron chi connectivity index (χ4n) is 2.34. The number of ether oxygens (including phenoxy) is 2. The van der Waals surface area contributed by atoms with E-state index in [0.29, 0.717) is 29.1 Å². The molecule has 5 nitrogen and oxygen atoms in total. The van der Waals surface area contributed by atoms with Crippen LogP contribution in [0.5, 0.6) is 11.5 Å². The molecule has 0 unspecified atom stereocenters. The molecule has 1 aromatic heterocycles. The monoisotopic (exact) mass is 400 g/mol. The quantitative estimate of drug-likeness (QED) is 0.790. The van der Waals surface area contributed by atoms with Gasteiger partial charge in [-0.2, -0.15) is 0 Å². The van der Waals surface area contributed by atoms with Crippen LogP contribution in [0.1, 0.15) is 15.9 Å². The Bertz CT molecular complexity index is 866. The molecule has 2 aliphatic heterocycles. The average Bonchev–Trinajstić information content (AvgIpc) is 3.10. The van der Waals surface area contributed by atoms with Gasteiger partial charge in [-0.3, -0.25) is 4.79 Å². The lowest BCUT2D eigenvalue weighted by Gasteiger charge is -2.04. The van der Waals surface area contributed by atoms with Gasteiger partial charge >= 0.3 is 6.29 Å². The molecule has 9 heteroatoms. The Morgan fingerprint density at radius 1 is 1.30 bits per heavy atom. The van der Waals surface area contributed by atoms with Crippen LogP contribution in [0.2, 0.25) is 0 Å². The minimum atomic E-state index is -3.65. The van der Waals surface area contributed by atoms with Crippen molar-refractivity contribution in [3.63, 3.8) is 0 Å². The summed E-state index contributed by atoms with van der Waals surface area (Å²) >= 11 is 4.70. The molecule has 0 saturated carbocycles. The van der Waals surface area contributed by atoms with E-state index in [9.17, 15) is 13.6 Å². The molecule has 0 aliphatic carbocycles. The lowest BCUT2D eigenvalue weighted by Crippen LogP contribution is -2.30. The molecule has 1 amide bonds. The number of nitrogens with one attached hydrogen (secondary N) is 1. The van der Waals surface area contributed by atoms with Crippen LogP contribution >= 0.6 is 27.3 Å². The summed E-state index contributed by atoms with van der Waals surface area (Å²) in [6, 6.07) is 4.54. The van der Waals surface area contributed by atoms with Gasteiger partial charge in [-0.25, -0.2) is 4.99 Å². The van der Waals surface area contributed by atoms with Crippen molar-refractivity contribution >= 4 is 44.7 Å². The van der Waals surface area contributed by atoms with Crippen LogP contribution in [0.25, 0.3) is 0 Å². The molecule has 0 radical (unpaired) electrons. The van der Waals surface area contributed by atoms with Gasteiger partial charge in [0, 0.05) is 17.9 Å². The highest BCUT2D eigenvalue weighted by Gasteiger charge is 2.44. The summed E-state index contributed by atoms with van der Waals surface area (Å²) in [4.78, 5) is 16.3. The first kappa shape index (κ1) is 14.6. The molecular weight excluding hydrogens is 394 g/mol. The van der Waals surface area contributed by atoms with E-state index >= 15 is 0 Å². The first-order valence-corrected chi connectivity index (χ1v) is 8.13. The maximum absolute atomic E-state index is 13.0. The normalized spacial score (nSPS) is 16.9. The predicted molar refractivity (Wildman–Crippen MR) is 82.9 cm³/mol. The molecule has 2 aliphatic rings. The number of benzene rings is 1. The second-order valence-corrected chi connectivity index (χ2v) is 7.21. The van der Waals surface area contributed by atoms with Gasteiger partial charge in [0.15, 0.2) is 11.5 Å². The van der Waals surface area contributed by atoms with Crippen molar-refractivity contribution in [2.24, 2.45) is 4.99 Å². The Labute approximate surface area is 141 Å². The van der Waals surface area contributed by atoms with E-state index in [4.69, 9.17) is 0 Å². The van der Waals surface area contributed by atoms with E-state index in [1.54, 1.807) is 11.4 Å². The van der Waals surface area contributed by atoms with Crippen molar-refractivity contribution in [2.45, 2.75) is 12.7 Å². The van der Waals surface area contributed by atoms with E-state index < -0.39 is 6.29 Å². The van der Waals surface area contributed by atoms with Crippen LogP contribution in [0.3, 0.4) is 0 Å². The number of fused-ring (bicyclic) bond motifs is 2. The van der Waals surface area contributed by atoms with E-state index in [1.165, 1.54) is 23.5 Å². The highest BCUT2D eigenvalue weighted by molar-refractivity contribution is 9.11. The zero-order valence-electron chi connectivity index (χ0n) is 11.2. The lowest BCUT2D eigenvalue weighted by molar-refractivity contribution is -0.286. The number of aliphatic imine (C=N–C) groups is 1. The van der Waals surface area contributed by atoms with E-state index in [-0.39, 0.29) is 17.4 Å². The number of hydrogen-bond acceptors (Lipinski definition) is 5. The molecule has 0 bridgehead atoms. The molecule has 4 rings (SSSR count). The maximum atomic E-state index is 13.0. The molecule has 0 atom stereocenters. The van der Waals surface area contributed by atoms with Gasteiger partial charge in [-0.05, 0) is 33.6 Å². The molecule has 0 spiro atoms. The van der Waals surface area contributed by atoms with Crippen molar-refractivity contribution in [3.05, 3.63) is 38.5 Å². The molecule has 0 fully saturated rings. The zero-order chi connectivity index (χ0) is 16.2. The Kier molecular flexibility index (Phi) is 3.17. The summed E-state index contributed by atoms with van der Waals surface area (Å²) in [5.74, 6) is 0.0815. The number of amides is 1. The number of rotatable bonds is 1. The van der Waals surface area contributed by atoms with Crippen molar-refractivity contribution in [2.75, 3.05) is 0 Å². The third-order valence-electron chi connectivity index (χ3n) is 3.30. The molecule has 23 heavy (non-hydrogen) atoms. The zero-order valence-corrected chi connectivity index (χ0v) is 13.6. The highest BCUT2D eigenvalue weighted by atomic mass is 79.9. The number of carbonyl (C=O) groups is 1. The van der Waals surface area contributed by atoms with Crippen molar-refractivity contribution in [1.29, 1.82) is 0 Å². The number of carbonyl (C=O) groups excluding carboxylic acids is 1. The number of hydrogen-bond donors (Lipinski definition) is 1. The maximum Gasteiger partial charge on any atom is 0.586 e. The van der Waals surface area contributed by atoms with Crippen LogP contribution in [-0.4, -0.2) is 18.0 Å². The van der Waals surface area contributed by atoms with Gasteiger partial charge in [-0.1, -0.05) is 0 Å². The van der Waals surface area contributed by atoms with Gasteiger partial charge in [-0.15, -0.1) is 20.1 Å². The first-order chi connectivity index (χ1) is 10.9. The van der Waals surface area contributed by atoms with E-state index in [2.05, 4.69) is 35.7 Å². The number of alkyl halides is 2. The van der Waals surface area contributed by atoms with E-state index in [1.807, 2.05) is 0 Å². The van der Waals surface area contributed by atoms with Crippen LogP contribution in [0.4, 0.5) is 14.5 Å². The average molecular weight is 401 g/mol. The van der Waals surface area contributed by atoms with Gasteiger partial charge < -0.3 is 14.8 Å². The molecule has 1 aromatic carbocycles. The number of thiophene rings is 1. The number of nitrogens with zero attached hydrogens (tertiary/aromatic N) is 1. The van der Waals surface area contributed by atoms with Gasteiger partial charge in [0.2, 0.25) is 0 Å². The Morgan fingerprint density at radius 3 is 2.74 bits per heavy atom. The Hall–Kier alpha value is -2.00. The third kappa shape index (κ3) is 2.70. The SMILES string of the molecule is O=C(NC1=Nc2cc3c(cc2C1)OC(F)(F)O3)c1csc(Br)c1. The molecular formula is C14H7BrF2N2O3S. The summed E-state index contributed by atoms with van der Waals surface area (Å²) in [6.07, 6.45) is -3.32. The fraction of sp³-hybridized carbons (Fsp3) is 0.143. The summed E-state index contributed by atoms with van der Waals surface area (Å²) < 4.78 is 35.7. The van der Waals surface area contributed by atoms with Crippen LogP contribution < -0.4 is 14.8 Å². The molecule has 3 heterocycles. The van der Waals surface area contributed by atoms with Crippen LogP contribution in [0.15, 0.2) is 32.4 Å². The summed E-state index contributed by atoms with van der Waals surface area (Å²) in [5.41, 5.74) is 1.69. The largest absolute Gasteiger partial charge is 0.586 e. The minimum Gasteiger partial charge on any atom is -0.395 e. The lowest BCUT2D eigenvalue weighted by atomic mass is 10.1. The standard InChI is InChI=1S/C14H7BrF2N2O3S/c15-11-2-7(5-23-11)13(20)19-12-3-6-1-9-10(4-8(6)18-12)22-14(16,17)21-9/h1-2,4-5H,3H2,(H,18,19,20). The first-order valence-electron chi connectivity index (χ1n) is 6.45. The topological polar surface area (TPSA) is 59.9 Å². The van der Waals surface area contributed by atoms with Crippen molar-refractivity contribution < 1.29 is 23.0 Å². The van der Waals surface area contributed by atoms with Gasteiger partial charge in [0.05, 0.1) is 15.0 Å². The minimum absolute atomic E-state index is 0.0294. The second kappa shape index (κ2) is 5.00. The Balaban J connectivity index is 1.54. The predicted octanol–water partition coefficient (Wildman–Crippen LogP) is 3.85. The van der Waals surface area contributed by atoms with Crippen molar-refractivity contribution in [3.8, 4) is 11.5 Å². The van der Waals surface area contributed by atoms with Gasteiger partial charge in [0.1, 0.15) is 5.84 Å². The third-order valence-corrected chi connectivity index (χ3v) is 4.81. The molecule has 1 N–H and O–H groups in total. The number of amidine groups is 1. The summed E-state index contributed by atoms with van der Waals surface area (Å²) in [7, 11) is 0. The summed E-state index contributed by atoms with van der Waals surface area (Å²) in [5, 5.41) is 4.44. The highest BCUT2D eigenvalue weighted by Crippen LogP contribution is 2.45. The van der Waals surface area contributed by atoms with Gasteiger partial charge in [0.25, 0.3) is 5.91 Å². The molecule has 0 saturated heterocycles. The Morgan fingerprint density at radius 2 is 2.04 bits per heavy atom. The van der Waals surface area contributed by atoms with E-state index in [0.717, 1.165) is 3.79 Å². The second-order valence-electron chi connectivity index (χ2n) is 4.92. The van der Waals surface area contributed by atoms with Crippen molar-refractivity contribution in [1.82, 2.24) is 5.32 Å². The molecule has 118 valence electrons. The smallest absolute Gasteiger partial charge is 0.395 e. The fourth-order valence-corrected chi connectivity index (χ4v) is 3.48.